The molecule has 1 aliphatic carbocycles. The van der Waals surface area contributed by atoms with Crippen molar-refractivity contribution in [1.82, 2.24) is 10.2 Å². The molecule has 16 heavy (non-hydrogen) atoms. The third-order valence-electron chi connectivity index (χ3n) is 4.24. The van der Waals surface area contributed by atoms with Crippen LogP contribution < -0.4 is 5.32 Å². The van der Waals surface area contributed by atoms with E-state index in [9.17, 15) is 0 Å². The Morgan fingerprint density at radius 1 is 1.12 bits per heavy atom. The van der Waals surface area contributed by atoms with Gasteiger partial charge in [-0.15, -0.1) is 0 Å². The zero-order chi connectivity index (χ0) is 11.4. The molecule has 1 saturated heterocycles. The molecule has 2 nitrogen and oxygen atoms in total. The van der Waals surface area contributed by atoms with E-state index in [1.54, 1.807) is 0 Å². The first kappa shape index (κ1) is 12.4. The van der Waals surface area contributed by atoms with Crippen LogP contribution in [0.5, 0.6) is 0 Å². The number of nitrogens with one attached hydrogen (secondary N) is 1. The first-order chi connectivity index (χ1) is 7.78. The molecule has 0 bridgehead atoms. The van der Waals surface area contributed by atoms with Gasteiger partial charge in [0, 0.05) is 25.2 Å². The van der Waals surface area contributed by atoms with Crippen LogP contribution in [0.15, 0.2) is 0 Å². The number of hydrogen-bond acceptors (Lipinski definition) is 2. The Morgan fingerprint density at radius 3 is 2.56 bits per heavy atom. The van der Waals surface area contributed by atoms with Crippen LogP contribution >= 0.6 is 0 Å². The van der Waals surface area contributed by atoms with Crippen molar-refractivity contribution >= 4 is 0 Å². The van der Waals surface area contributed by atoms with E-state index in [1.165, 1.54) is 58.0 Å². The van der Waals surface area contributed by atoms with E-state index in [0.717, 1.165) is 18.0 Å². The number of piperidine rings is 1. The van der Waals surface area contributed by atoms with Crippen molar-refractivity contribution in [3.8, 4) is 0 Å². The second-order valence-electron chi connectivity index (χ2n) is 5.96. The highest BCUT2D eigenvalue weighted by Gasteiger charge is 2.27. The van der Waals surface area contributed by atoms with Crippen LogP contribution in [0.2, 0.25) is 0 Å². The third-order valence-corrected chi connectivity index (χ3v) is 4.24. The van der Waals surface area contributed by atoms with Crippen molar-refractivity contribution in [1.29, 1.82) is 0 Å². The summed E-state index contributed by atoms with van der Waals surface area (Å²) in [7, 11) is 2.28. The van der Waals surface area contributed by atoms with E-state index < -0.39 is 0 Å². The summed E-state index contributed by atoms with van der Waals surface area (Å²) in [5, 5.41) is 3.89. The number of nitrogens with zero attached hydrogens (tertiary/aromatic N) is 1. The normalized spacial score (nSPS) is 33.4. The van der Waals surface area contributed by atoms with Crippen molar-refractivity contribution in [2.24, 2.45) is 5.92 Å². The van der Waals surface area contributed by atoms with Gasteiger partial charge in [-0.3, -0.25) is 0 Å². The monoisotopic (exact) mass is 224 g/mol. The van der Waals surface area contributed by atoms with Crippen LogP contribution in [0.3, 0.4) is 0 Å². The summed E-state index contributed by atoms with van der Waals surface area (Å²) in [4.78, 5) is 2.52. The minimum absolute atomic E-state index is 0.762. The Morgan fingerprint density at radius 2 is 1.88 bits per heavy atom. The molecule has 2 rings (SSSR count). The van der Waals surface area contributed by atoms with Crippen LogP contribution in [0, 0.1) is 5.92 Å². The number of likely N-dealkylation sites (N-methyl/N-ethyl adjacent to an activating group) is 1. The maximum Gasteiger partial charge on any atom is 0.0200 e. The standard InChI is InChI=1S/C14H28N2/c1-3-6-12-9-14(11-16(2)10-12)15-13-7-4-5-8-13/h12-15H,3-11H2,1-2H3. The highest BCUT2D eigenvalue weighted by atomic mass is 15.1. The molecule has 0 aromatic rings. The molecule has 1 N–H and O–H groups in total. The molecule has 2 aliphatic rings. The smallest absolute Gasteiger partial charge is 0.0200 e. The SMILES string of the molecule is CCCC1CC(NC2CCCC2)CN(C)C1. The van der Waals surface area contributed by atoms with Gasteiger partial charge in [-0.1, -0.05) is 26.2 Å². The van der Waals surface area contributed by atoms with Crippen molar-refractivity contribution in [3.05, 3.63) is 0 Å². The average Bonchev–Trinajstić information content (AvgIpc) is 2.70. The third kappa shape index (κ3) is 3.46. The molecule has 0 spiro atoms. The zero-order valence-electron chi connectivity index (χ0n) is 11.0. The Labute approximate surface area is 101 Å². The lowest BCUT2D eigenvalue weighted by molar-refractivity contribution is 0.155. The van der Waals surface area contributed by atoms with E-state index in [2.05, 4.69) is 24.2 Å². The topological polar surface area (TPSA) is 15.3 Å². The molecule has 1 saturated carbocycles. The van der Waals surface area contributed by atoms with Crippen LogP contribution in [0.1, 0.15) is 51.9 Å². The van der Waals surface area contributed by atoms with Crippen molar-refractivity contribution in [2.45, 2.75) is 64.0 Å². The van der Waals surface area contributed by atoms with Crippen molar-refractivity contribution < 1.29 is 0 Å². The molecule has 0 amide bonds. The van der Waals surface area contributed by atoms with Crippen LogP contribution in [-0.4, -0.2) is 37.1 Å². The number of hydrogen-bond donors (Lipinski definition) is 1. The molecule has 2 unspecified atom stereocenters. The van der Waals surface area contributed by atoms with Crippen LogP contribution in [-0.2, 0) is 0 Å². The lowest BCUT2D eigenvalue weighted by atomic mass is 9.90. The lowest BCUT2D eigenvalue weighted by Gasteiger charge is -2.37. The second kappa shape index (κ2) is 6.02. The van der Waals surface area contributed by atoms with Gasteiger partial charge in [0.25, 0.3) is 0 Å². The maximum absolute atomic E-state index is 3.89. The first-order valence-electron chi connectivity index (χ1n) is 7.22. The summed E-state index contributed by atoms with van der Waals surface area (Å²) in [5.74, 6) is 0.933. The van der Waals surface area contributed by atoms with E-state index in [4.69, 9.17) is 0 Å². The van der Waals surface area contributed by atoms with E-state index in [0.29, 0.717) is 0 Å². The molecule has 1 aliphatic heterocycles. The minimum Gasteiger partial charge on any atom is -0.310 e. The first-order valence-corrected chi connectivity index (χ1v) is 7.22. The zero-order valence-corrected chi connectivity index (χ0v) is 11.0. The Hall–Kier alpha value is -0.0800. The fraction of sp³-hybridized carbons (Fsp3) is 1.00. The summed E-state index contributed by atoms with van der Waals surface area (Å²) in [6.07, 6.45) is 9.88. The lowest BCUT2D eigenvalue weighted by Crippen LogP contribution is -2.50. The highest BCUT2D eigenvalue weighted by molar-refractivity contribution is 4.86. The Bertz CT molecular complexity index is 199. The quantitative estimate of drug-likeness (QED) is 0.790. The second-order valence-corrected chi connectivity index (χ2v) is 5.96. The summed E-state index contributed by atoms with van der Waals surface area (Å²) in [6.45, 7) is 4.89. The summed E-state index contributed by atoms with van der Waals surface area (Å²) in [5.41, 5.74) is 0. The average molecular weight is 224 g/mol. The predicted molar refractivity (Wildman–Crippen MR) is 69.7 cm³/mol. The summed E-state index contributed by atoms with van der Waals surface area (Å²) >= 11 is 0. The molecule has 0 radical (unpaired) electrons. The van der Waals surface area contributed by atoms with Gasteiger partial charge in [-0.05, 0) is 38.6 Å². The molecule has 2 atom stereocenters. The molecule has 94 valence electrons. The molecule has 2 heteroatoms. The maximum atomic E-state index is 3.89. The highest BCUT2D eigenvalue weighted by Crippen LogP contribution is 2.23. The minimum atomic E-state index is 0.762. The molecule has 2 fully saturated rings. The Kier molecular flexibility index (Phi) is 4.66. The number of rotatable bonds is 4. The van der Waals surface area contributed by atoms with Gasteiger partial charge in [0.2, 0.25) is 0 Å². The predicted octanol–water partition coefficient (Wildman–Crippen LogP) is 2.64. The van der Waals surface area contributed by atoms with Gasteiger partial charge >= 0.3 is 0 Å². The molecule has 0 aromatic carbocycles. The van der Waals surface area contributed by atoms with E-state index >= 15 is 0 Å². The fourth-order valence-corrected chi connectivity index (χ4v) is 3.61. The van der Waals surface area contributed by atoms with E-state index in [1.807, 2.05) is 0 Å². The van der Waals surface area contributed by atoms with Crippen LogP contribution in [0.4, 0.5) is 0 Å². The molecule has 1 heterocycles. The van der Waals surface area contributed by atoms with Gasteiger partial charge in [-0.2, -0.15) is 0 Å². The van der Waals surface area contributed by atoms with Gasteiger partial charge in [0.05, 0.1) is 0 Å². The Balaban J connectivity index is 1.78. The largest absolute Gasteiger partial charge is 0.310 e. The summed E-state index contributed by atoms with van der Waals surface area (Å²) in [6, 6.07) is 1.59. The van der Waals surface area contributed by atoms with Gasteiger partial charge in [0.15, 0.2) is 0 Å². The van der Waals surface area contributed by atoms with Gasteiger partial charge in [0.1, 0.15) is 0 Å². The van der Waals surface area contributed by atoms with Gasteiger partial charge in [-0.25, -0.2) is 0 Å². The van der Waals surface area contributed by atoms with Crippen molar-refractivity contribution in [3.63, 3.8) is 0 Å². The van der Waals surface area contributed by atoms with Crippen molar-refractivity contribution in [2.75, 3.05) is 20.1 Å². The van der Waals surface area contributed by atoms with E-state index in [-0.39, 0.29) is 0 Å². The number of likely N-dealkylation sites (tertiary alicyclic amines) is 1. The van der Waals surface area contributed by atoms with Gasteiger partial charge < -0.3 is 10.2 Å². The van der Waals surface area contributed by atoms with Crippen LogP contribution in [0.25, 0.3) is 0 Å². The molecular weight excluding hydrogens is 196 g/mol. The molecule has 0 aromatic heterocycles. The molecular formula is C14H28N2. The fourth-order valence-electron chi connectivity index (χ4n) is 3.61. The summed E-state index contributed by atoms with van der Waals surface area (Å²) < 4.78 is 0.